The van der Waals surface area contributed by atoms with Crippen LogP contribution >= 0.6 is 0 Å². The number of pyridine rings is 1. The van der Waals surface area contributed by atoms with Crippen LogP contribution in [0.15, 0.2) is 52.4 Å². The van der Waals surface area contributed by atoms with Crippen LogP contribution < -0.4 is 5.43 Å². The Bertz CT molecular complexity index is 903. The molecule has 1 aromatic heterocycles. The van der Waals surface area contributed by atoms with Crippen LogP contribution in [0.2, 0.25) is 0 Å². The Morgan fingerprint density at radius 1 is 1.26 bits per heavy atom. The van der Waals surface area contributed by atoms with E-state index in [0.29, 0.717) is 5.56 Å². The van der Waals surface area contributed by atoms with Gasteiger partial charge in [-0.25, -0.2) is 12.7 Å². The molecule has 0 aliphatic carbocycles. The van der Waals surface area contributed by atoms with Gasteiger partial charge in [-0.05, 0) is 17.7 Å². The van der Waals surface area contributed by atoms with E-state index in [0.717, 1.165) is 16.6 Å². The number of benzene rings is 1. The molecule has 0 saturated carbocycles. The molecule has 0 spiro atoms. The van der Waals surface area contributed by atoms with Crippen molar-refractivity contribution in [2.24, 2.45) is 0 Å². The first-order chi connectivity index (χ1) is 10.7. The van der Waals surface area contributed by atoms with Crippen molar-refractivity contribution in [3.8, 4) is 0 Å². The molecule has 122 valence electrons. The maximum Gasteiger partial charge on any atom is 0.332 e. The summed E-state index contributed by atoms with van der Waals surface area (Å²) in [6.07, 6.45) is 2.55. The molecule has 0 aliphatic rings. The Morgan fingerprint density at radius 3 is 2.57 bits per heavy atom. The highest BCUT2D eigenvalue weighted by Crippen LogP contribution is 2.16. The maximum absolute atomic E-state index is 12.1. The van der Waals surface area contributed by atoms with Crippen LogP contribution in [-0.2, 0) is 16.6 Å². The minimum Gasteiger partial charge on any atom is -0.344 e. The smallest absolute Gasteiger partial charge is 0.332 e. The minimum absolute atomic E-state index is 0.135. The second-order valence-corrected chi connectivity index (χ2v) is 7.21. The van der Waals surface area contributed by atoms with Crippen LogP contribution in [0.4, 0.5) is 5.69 Å². The van der Waals surface area contributed by atoms with E-state index in [2.05, 4.69) is 0 Å². The average Bonchev–Trinajstić information content (AvgIpc) is 2.49. The van der Waals surface area contributed by atoms with Gasteiger partial charge in [0.25, 0.3) is 5.43 Å². The minimum atomic E-state index is -3.55. The monoisotopic (exact) mass is 337 g/mol. The predicted molar refractivity (Wildman–Crippen MR) is 83.8 cm³/mol. The second-order valence-electron chi connectivity index (χ2n) is 5.06. The van der Waals surface area contributed by atoms with Gasteiger partial charge >= 0.3 is 5.69 Å². The largest absolute Gasteiger partial charge is 0.344 e. The lowest BCUT2D eigenvalue weighted by Crippen LogP contribution is -2.22. The lowest BCUT2D eigenvalue weighted by molar-refractivity contribution is -0.386. The van der Waals surface area contributed by atoms with Gasteiger partial charge in [-0.2, -0.15) is 0 Å². The fourth-order valence-electron chi connectivity index (χ4n) is 1.97. The molecule has 0 saturated heterocycles. The zero-order valence-corrected chi connectivity index (χ0v) is 13.4. The van der Waals surface area contributed by atoms with E-state index in [-0.39, 0.29) is 11.4 Å². The summed E-state index contributed by atoms with van der Waals surface area (Å²) in [5, 5.41) is 10.8. The molecule has 1 aromatic carbocycles. The van der Waals surface area contributed by atoms with Crippen molar-refractivity contribution in [1.29, 1.82) is 0 Å². The molecule has 0 unspecified atom stereocenters. The number of nitro groups is 1. The highest BCUT2D eigenvalue weighted by Gasteiger charge is 2.17. The van der Waals surface area contributed by atoms with E-state index in [1.807, 2.05) is 0 Å². The van der Waals surface area contributed by atoms with Gasteiger partial charge in [0.05, 0.1) is 16.0 Å². The van der Waals surface area contributed by atoms with Gasteiger partial charge in [0.1, 0.15) is 0 Å². The fourth-order valence-corrected chi connectivity index (χ4v) is 2.95. The van der Waals surface area contributed by atoms with Crippen molar-refractivity contribution in [2.75, 3.05) is 14.1 Å². The first kappa shape index (κ1) is 16.8. The summed E-state index contributed by atoms with van der Waals surface area (Å²) in [7, 11) is -0.679. The normalized spacial score (nSPS) is 11.6. The zero-order chi connectivity index (χ0) is 17.2. The van der Waals surface area contributed by atoms with Crippen molar-refractivity contribution >= 4 is 15.7 Å². The molecule has 0 atom stereocenters. The molecule has 1 heterocycles. The van der Waals surface area contributed by atoms with Crippen LogP contribution in [0, 0.1) is 10.1 Å². The Labute approximate surface area is 132 Å². The van der Waals surface area contributed by atoms with E-state index in [1.54, 1.807) is 12.1 Å². The third-order valence-electron chi connectivity index (χ3n) is 3.20. The van der Waals surface area contributed by atoms with Gasteiger partial charge in [-0.3, -0.25) is 14.9 Å². The van der Waals surface area contributed by atoms with E-state index in [1.165, 1.54) is 37.0 Å². The van der Waals surface area contributed by atoms with Crippen molar-refractivity contribution in [1.82, 2.24) is 8.87 Å². The zero-order valence-electron chi connectivity index (χ0n) is 12.5. The highest BCUT2D eigenvalue weighted by molar-refractivity contribution is 7.89. The van der Waals surface area contributed by atoms with E-state index < -0.39 is 26.1 Å². The standard InChI is InChI=1S/C14H15N3O5S/c1-15(2)23(21,22)12-5-3-4-11(8-12)9-16-7-6-14(18)13(10-16)17(19)20/h3-8,10H,9H2,1-2H3. The van der Waals surface area contributed by atoms with Crippen LogP contribution in [0.5, 0.6) is 0 Å². The molecule has 23 heavy (non-hydrogen) atoms. The Hall–Kier alpha value is -2.52. The lowest BCUT2D eigenvalue weighted by atomic mass is 10.2. The topological polar surface area (TPSA) is 103 Å². The van der Waals surface area contributed by atoms with Gasteiger partial charge in [0.2, 0.25) is 10.0 Å². The molecule has 0 fully saturated rings. The van der Waals surface area contributed by atoms with Crippen LogP contribution in [0.1, 0.15) is 5.56 Å². The summed E-state index contributed by atoms with van der Waals surface area (Å²) in [6, 6.07) is 7.39. The van der Waals surface area contributed by atoms with Crippen molar-refractivity contribution in [3.05, 3.63) is 68.6 Å². The van der Waals surface area contributed by atoms with E-state index >= 15 is 0 Å². The quantitative estimate of drug-likeness (QED) is 0.599. The second kappa shape index (κ2) is 6.31. The van der Waals surface area contributed by atoms with Crippen LogP contribution in [0.25, 0.3) is 0 Å². The molecule has 8 nitrogen and oxygen atoms in total. The molecule has 0 bridgehead atoms. The highest BCUT2D eigenvalue weighted by atomic mass is 32.2. The molecule has 9 heteroatoms. The number of aromatic nitrogens is 1. The third kappa shape index (κ3) is 3.63. The SMILES string of the molecule is CN(C)S(=O)(=O)c1cccc(Cn2ccc(=O)c([N+](=O)[O-])c2)c1. The number of nitrogens with zero attached hydrogens (tertiary/aromatic N) is 3. The van der Waals surface area contributed by atoms with Crippen molar-refractivity contribution in [3.63, 3.8) is 0 Å². The number of rotatable bonds is 5. The molecule has 0 N–H and O–H groups in total. The van der Waals surface area contributed by atoms with Crippen LogP contribution in [0.3, 0.4) is 0 Å². The summed E-state index contributed by atoms with van der Waals surface area (Å²) in [4.78, 5) is 21.6. The molecule has 2 rings (SSSR count). The first-order valence-electron chi connectivity index (χ1n) is 6.58. The molecule has 0 radical (unpaired) electrons. The van der Waals surface area contributed by atoms with Gasteiger partial charge in [-0.1, -0.05) is 12.1 Å². The third-order valence-corrected chi connectivity index (χ3v) is 5.01. The summed E-state index contributed by atoms with van der Waals surface area (Å²) in [6.45, 7) is 0.206. The summed E-state index contributed by atoms with van der Waals surface area (Å²) < 4.78 is 26.8. The van der Waals surface area contributed by atoms with E-state index in [4.69, 9.17) is 0 Å². The number of sulfonamides is 1. The molecular weight excluding hydrogens is 322 g/mol. The molecule has 0 aliphatic heterocycles. The summed E-state index contributed by atoms with van der Waals surface area (Å²) in [5.41, 5.74) is -0.550. The lowest BCUT2D eigenvalue weighted by Gasteiger charge is -2.13. The maximum atomic E-state index is 12.1. The first-order valence-corrected chi connectivity index (χ1v) is 8.02. The van der Waals surface area contributed by atoms with Gasteiger partial charge in [-0.15, -0.1) is 0 Å². The summed E-state index contributed by atoms with van der Waals surface area (Å²) >= 11 is 0. The van der Waals surface area contributed by atoms with Crippen LogP contribution in [-0.4, -0.2) is 36.3 Å². The van der Waals surface area contributed by atoms with Gasteiger partial charge < -0.3 is 4.57 Å². The molecular formula is C14H15N3O5S. The summed E-state index contributed by atoms with van der Waals surface area (Å²) in [5.74, 6) is 0. The number of hydrogen-bond donors (Lipinski definition) is 0. The fraction of sp³-hybridized carbons (Fsp3) is 0.214. The van der Waals surface area contributed by atoms with Gasteiger partial charge in [0, 0.05) is 32.9 Å². The molecule has 0 amide bonds. The average molecular weight is 337 g/mol. The molecule has 2 aromatic rings. The Kier molecular flexibility index (Phi) is 4.62. The Balaban J connectivity index is 2.37. The van der Waals surface area contributed by atoms with Gasteiger partial charge in [0.15, 0.2) is 0 Å². The Morgan fingerprint density at radius 2 is 1.96 bits per heavy atom. The predicted octanol–water partition coefficient (Wildman–Crippen LogP) is 1.06. The van der Waals surface area contributed by atoms with Crippen molar-refractivity contribution in [2.45, 2.75) is 11.4 Å². The van der Waals surface area contributed by atoms with Crippen molar-refractivity contribution < 1.29 is 13.3 Å². The number of hydrogen-bond acceptors (Lipinski definition) is 5. The van der Waals surface area contributed by atoms with E-state index in [9.17, 15) is 23.3 Å².